The predicted molar refractivity (Wildman–Crippen MR) is 112 cm³/mol. The van der Waals surface area contributed by atoms with Gasteiger partial charge >= 0.3 is 0 Å². The Labute approximate surface area is 174 Å². The number of aryl methyl sites for hydroxylation is 1. The Hall–Kier alpha value is -3.48. The van der Waals surface area contributed by atoms with E-state index < -0.39 is 6.04 Å². The Balaban J connectivity index is 1.58. The van der Waals surface area contributed by atoms with Crippen LogP contribution >= 0.6 is 0 Å². The van der Waals surface area contributed by atoms with Crippen LogP contribution in [0.5, 0.6) is 0 Å². The van der Waals surface area contributed by atoms with Gasteiger partial charge in [0.05, 0.1) is 12.1 Å². The second-order valence-electron chi connectivity index (χ2n) is 7.82. The average Bonchev–Trinajstić information content (AvgIpc) is 3.49. The first-order valence-corrected chi connectivity index (χ1v) is 9.99. The Morgan fingerprint density at radius 3 is 2.20 bits per heavy atom. The van der Waals surface area contributed by atoms with E-state index in [1.54, 1.807) is 41.3 Å². The van der Waals surface area contributed by atoms with Crippen molar-refractivity contribution in [2.75, 3.05) is 10.2 Å². The van der Waals surface area contributed by atoms with Gasteiger partial charge in [0.2, 0.25) is 11.8 Å². The molecule has 30 heavy (non-hydrogen) atoms. The summed E-state index contributed by atoms with van der Waals surface area (Å²) in [7, 11) is 0. The van der Waals surface area contributed by atoms with Gasteiger partial charge in [-0.1, -0.05) is 17.7 Å². The second-order valence-corrected chi connectivity index (χ2v) is 7.82. The molecular weight excluding hydrogens is 382 g/mol. The molecule has 7 nitrogen and oxygen atoms in total. The van der Waals surface area contributed by atoms with Gasteiger partial charge in [0.15, 0.2) is 0 Å². The molecule has 0 spiro atoms. The molecule has 0 aromatic heterocycles. The summed E-state index contributed by atoms with van der Waals surface area (Å²) in [5, 5.41) is 2.65. The lowest BCUT2D eigenvalue weighted by Gasteiger charge is -2.27. The minimum Gasteiger partial charge on any atom is -0.326 e. The fourth-order valence-corrected chi connectivity index (χ4v) is 3.76. The first-order chi connectivity index (χ1) is 14.3. The molecule has 2 aromatic carbocycles. The van der Waals surface area contributed by atoms with Crippen LogP contribution in [0.25, 0.3) is 0 Å². The van der Waals surface area contributed by atoms with Gasteiger partial charge in [0, 0.05) is 24.2 Å². The fraction of sp³-hybridized carbons (Fsp3) is 0.304. The van der Waals surface area contributed by atoms with Gasteiger partial charge in [0.25, 0.3) is 11.8 Å². The number of nitrogens with one attached hydrogen (secondary N) is 1. The van der Waals surface area contributed by atoms with E-state index in [9.17, 15) is 19.2 Å². The van der Waals surface area contributed by atoms with E-state index in [0.29, 0.717) is 16.9 Å². The maximum atomic E-state index is 13.2. The van der Waals surface area contributed by atoms with Crippen LogP contribution in [0.2, 0.25) is 0 Å². The molecule has 1 aliphatic heterocycles. The van der Waals surface area contributed by atoms with Crippen LogP contribution in [-0.2, 0) is 14.4 Å². The minimum absolute atomic E-state index is 0.0114. The standard InChI is InChI=1S/C23H23N3O4/c1-14-3-5-16(6-4-14)22(29)25(18-11-12-18)20-13-21(28)26(23(20)30)19-9-7-17(8-10-19)24-15(2)27/h3-10,18,20H,11-13H2,1-2H3,(H,24,27). The molecule has 1 aliphatic carbocycles. The predicted octanol–water partition coefficient (Wildman–Crippen LogP) is 2.89. The van der Waals surface area contributed by atoms with Gasteiger partial charge < -0.3 is 10.2 Å². The lowest BCUT2D eigenvalue weighted by molar-refractivity contribution is -0.122. The second kappa shape index (κ2) is 7.74. The van der Waals surface area contributed by atoms with E-state index in [1.165, 1.54) is 6.92 Å². The Morgan fingerprint density at radius 1 is 1.00 bits per heavy atom. The van der Waals surface area contributed by atoms with Crippen LogP contribution in [0.15, 0.2) is 48.5 Å². The highest BCUT2D eigenvalue weighted by Gasteiger charge is 2.48. The summed E-state index contributed by atoms with van der Waals surface area (Å²) >= 11 is 0. The van der Waals surface area contributed by atoms with Gasteiger partial charge in [-0.2, -0.15) is 0 Å². The topological polar surface area (TPSA) is 86.8 Å². The zero-order chi connectivity index (χ0) is 21.4. The van der Waals surface area contributed by atoms with Gasteiger partial charge in [0.1, 0.15) is 6.04 Å². The van der Waals surface area contributed by atoms with Crippen molar-refractivity contribution in [3.05, 3.63) is 59.7 Å². The zero-order valence-corrected chi connectivity index (χ0v) is 16.9. The molecule has 0 radical (unpaired) electrons. The van der Waals surface area contributed by atoms with Crippen molar-refractivity contribution < 1.29 is 19.2 Å². The number of carbonyl (C=O) groups excluding carboxylic acids is 4. The van der Waals surface area contributed by atoms with Gasteiger partial charge in [-0.3, -0.25) is 19.2 Å². The van der Waals surface area contributed by atoms with E-state index in [2.05, 4.69) is 5.32 Å². The van der Waals surface area contributed by atoms with Crippen molar-refractivity contribution >= 4 is 35.0 Å². The molecule has 7 heteroatoms. The number of amides is 4. The molecule has 1 atom stereocenters. The first kappa shape index (κ1) is 19.8. The van der Waals surface area contributed by atoms with E-state index in [0.717, 1.165) is 23.3 Å². The maximum Gasteiger partial charge on any atom is 0.257 e. The van der Waals surface area contributed by atoms with E-state index in [-0.39, 0.29) is 36.1 Å². The molecule has 1 saturated heterocycles. The first-order valence-electron chi connectivity index (χ1n) is 9.99. The highest BCUT2D eigenvalue weighted by Crippen LogP contribution is 2.35. The maximum absolute atomic E-state index is 13.2. The zero-order valence-electron chi connectivity index (χ0n) is 16.9. The Bertz CT molecular complexity index is 1010. The number of imide groups is 1. The highest BCUT2D eigenvalue weighted by molar-refractivity contribution is 6.23. The third-order valence-electron chi connectivity index (χ3n) is 5.38. The monoisotopic (exact) mass is 405 g/mol. The van der Waals surface area contributed by atoms with Crippen molar-refractivity contribution in [3.63, 3.8) is 0 Å². The van der Waals surface area contributed by atoms with Crippen molar-refractivity contribution in [3.8, 4) is 0 Å². The molecule has 4 amide bonds. The summed E-state index contributed by atoms with van der Waals surface area (Å²) in [6.07, 6.45) is 1.64. The molecule has 2 fully saturated rings. The molecule has 1 saturated carbocycles. The normalized spacial score (nSPS) is 18.5. The van der Waals surface area contributed by atoms with Crippen LogP contribution in [0.1, 0.15) is 42.1 Å². The molecule has 2 aliphatic rings. The minimum atomic E-state index is -0.797. The number of nitrogens with zero attached hydrogens (tertiary/aromatic N) is 2. The number of hydrogen-bond donors (Lipinski definition) is 1. The van der Waals surface area contributed by atoms with Gasteiger partial charge in [-0.25, -0.2) is 4.90 Å². The number of anilines is 2. The smallest absolute Gasteiger partial charge is 0.257 e. The molecule has 2 aromatic rings. The van der Waals surface area contributed by atoms with Crippen molar-refractivity contribution in [1.82, 2.24) is 4.90 Å². The quantitative estimate of drug-likeness (QED) is 0.775. The van der Waals surface area contributed by atoms with Crippen LogP contribution in [0.4, 0.5) is 11.4 Å². The summed E-state index contributed by atoms with van der Waals surface area (Å²) < 4.78 is 0. The van der Waals surface area contributed by atoms with Crippen LogP contribution in [-0.4, -0.2) is 40.6 Å². The summed E-state index contributed by atoms with van der Waals surface area (Å²) in [5.41, 5.74) is 2.58. The largest absolute Gasteiger partial charge is 0.326 e. The van der Waals surface area contributed by atoms with Crippen LogP contribution < -0.4 is 10.2 Å². The summed E-state index contributed by atoms with van der Waals surface area (Å²) in [5.74, 6) is -1.14. The van der Waals surface area contributed by atoms with Crippen LogP contribution in [0.3, 0.4) is 0 Å². The molecule has 1 N–H and O–H groups in total. The van der Waals surface area contributed by atoms with Crippen molar-refractivity contribution in [2.24, 2.45) is 0 Å². The molecule has 1 heterocycles. The van der Waals surface area contributed by atoms with E-state index >= 15 is 0 Å². The third-order valence-corrected chi connectivity index (χ3v) is 5.38. The molecule has 154 valence electrons. The van der Waals surface area contributed by atoms with E-state index in [4.69, 9.17) is 0 Å². The van der Waals surface area contributed by atoms with Gasteiger partial charge in [-0.15, -0.1) is 0 Å². The summed E-state index contributed by atoms with van der Waals surface area (Å²) in [6, 6.07) is 12.9. The van der Waals surface area contributed by atoms with Crippen molar-refractivity contribution in [1.29, 1.82) is 0 Å². The van der Waals surface area contributed by atoms with Gasteiger partial charge in [-0.05, 0) is 56.2 Å². The number of rotatable bonds is 5. The molecule has 4 rings (SSSR count). The third kappa shape index (κ3) is 3.83. The number of benzene rings is 2. The molecule has 1 unspecified atom stereocenters. The lowest BCUT2D eigenvalue weighted by atomic mass is 10.1. The Kier molecular flexibility index (Phi) is 5.11. The number of carbonyl (C=O) groups is 4. The fourth-order valence-electron chi connectivity index (χ4n) is 3.76. The number of hydrogen-bond acceptors (Lipinski definition) is 4. The van der Waals surface area contributed by atoms with Crippen molar-refractivity contribution in [2.45, 2.75) is 45.2 Å². The van der Waals surface area contributed by atoms with E-state index in [1.807, 2.05) is 19.1 Å². The molecule has 0 bridgehead atoms. The average molecular weight is 405 g/mol. The summed E-state index contributed by atoms with van der Waals surface area (Å²) in [4.78, 5) is 53.0. The molecular formula is C23H23N3O4. The SMILES string of the molecule is CC(=O)Nc1ccc(N2C(=O)CC(N(C(=O)c3ccc(C)cc3)C3CC3)C2=O)cc1. The van der Waals surface area contributed by atoms with Crippen LogP contribution in [0, 0.1) is 6.92 Å². The Morgan fingerprint density at radius 2 is 1.63 bits per heavy atom. The summed E-state index contributed by atoms with van der Waals surface area (Å²) in [6.45, 7) is 3.35. The lowest BCUT2D eigenvalue weighted by Crippen LogP contribution is -2.46. The highest BCUT2D eigenvalue weighted by atomic mass is 16.2.